The number of rotatable bonds is 13. The van der Waals surface area contributed by atoms with Gasteiger partial charge in [-0.05, 0) is 149 Å². The van der Waals surface area contributed by atoms with Crippen LogP contribution < -0.4 is 4.74 Å². The molecular weight excluding hydrogens is 1120 g/mol. The van der Waals surface area contributed by atoms with Crippen molar-refractivity contribution in [2.24, 2.45) is 0 Å². The molecule has 4 aliphatic rings. The van der Waals surface area contributed by atoms with Crippen molar-refractivity contribution in [3.63, 3.8) is 0 Å². The van der Waals surface area contributed by atoms with E-state index in [9.17, 15) is 0 Å². The van der Waals surface area contributed by atoms with Crippen LogP contribution in [0, 0.1) is 0 Å². The van der Waals surface area contributed by atoms with E-state index >= 15 is 0 Å². The van der Waals surface area contributed by atoms with Gasteiger partial charge in [-0.3, -0.25) is 0 Å². The minimum atomic E-state index is 0.769. The fraction of sp³-hybridized carbons (Fsp3) is 0.0843. The number of aryl methyl sites for hydroxylation is 1. The predicted octanol–water partition coefficient (Wildman–Crippen LogP) is 21.4. The Morgan fingerprint density at radius 3 is 1.03 bits per heavy atom. The lowest BCUT2D eigenvalue weighted by atomic mass is 9.97. The van der Waals surface area contributed by atoms with Gasteiger partial charge in [0, 0.05) is 88.7 Å². The molecule has 10 heterocycles. The largest absolute Gasteiger partial charge is 0.497 e. The number of aromatic nitrogens is 8. The maximum atomic E-state index is 5.86. The minimum Gasteiger partial charge on any atom is -0.497 e. The van der Waals surface area contributed by atoms with E-state index in [0.29, 0.717) is 0 Å². The van der Waals surface area contributed by atoms with Crippen LogP contribution in [0.3, 0.4) is 0 Å². The fourth-order valence-electron chi connectivity index (χ4n) is 13.6. The monoisotopic (exact) mass is 1190 g/mol. The van der Waals surface area contributed by atoms with Gasteiger partial charge in [0.1, 0.15) is 5.75 Å². The number of hydrogen-bond acceptors (Lipinski definition) is 5. The zero-order chi connectivity index (χ0) is 61.5. The molecule has 0 fully saturated rings. The van der Waals surface area contributed by atoms with Crippen molar-refractivity contribution < 1.29 is 4.74 Å². The number of unbranched alkanes of at least 4 members (excludes halogenated alkanes) is 3. The smallest absolute Gasteiger partial charge is 0.118 e. The van der Waals surface area contributed by atoms with E-state index in [1.54, 1.807) is 7.11 Å². The topological polar surface area (TPSA) is 124 Å². The SMILES string of the molecule is CCCCCCc1c2nc(c(-c3cc4[nH]c3c(-c3ccccc3)c3nc(c(-c5ccccc5)c5ccc([nH]5)c(-c5ccccc5)c5nc(c4-c4ccccc4)C=C5)C=C3)c3ccc([nH]3)c(-c3ccc(OC)cc3)c3nc(c(-c4ccccc4)c4ccc1[nH]4)C=C3)C=C2. The molecule has 0 spiro atoms. The maximum absolute atomic E-state index is 5.86. The number of aromatic amines is 4. The summed E-state index contributed by atoms with van der Waals surface area (Å²) in [5.41, 5.74) is 29.1. The van der Waals surface area contributed by atoms with Crippen LogP contribution in [-0.4, -0.2) is 47.0 Å². The Morgan fingerprint density at radius 2 is 0.620 bits per heavy atom. The Kier molecular flexibility index (Phi) is 14.5. The summed E-state index contributed by atoms with van der Waals surface area (Å²) < 4.78 is 5.74. The fourth-order valence-corrected chi connectivity index (χ4v) is 13.6. The molecule has 6 aromatic carbocycles. The number of methoxy groups -OCH3 is 1. The Morgan fingerprint density at radius 1 is 0.293 bits per heavy atom. The summed E-state index contributed by atoms with van der Waals surface area (Å²) >= 11 is 0. The van der Waals surface area contributed by atoms with Crippen LogP contribution in [0.5, 0.6) is 5.75 Å². The lowest BCUT2D eigenvalue weighted by Gasteiger charge is -2.09. The van der Waals surface area contributed by atoms with Crippen molar-refractivity contribution in [1.29, 1.82) is 0 Å². The van der Waals surface area contributed by atoms with Gasteiger partial charge in [-0.2, -0.15) is 0 Å². The molecule has 16 bridgehead atoms. The van der Waals surface area contributed by atoms with Crippen LogP contribution in [0.15, 0.2) is 218 Å². The van der Waals surface area contributed by atoms with Gasteiger partial charge in [0.2, 0.25) is 0 Å². The van der Waals surface area contributed by atoms with Crippen LogP contribution in [0.2, 0.25) is 0 Å². The molecule has 0 saturated carbocycles. The molecule has 0 unspecified atom stereocenters. The van der Waals surface area contributed by atoms with Gasteiger partial charge in [-0.15, -0.1) is 0 Å². The van der Waals surface area contributed by atoms with E-state index in [1.807, 2.05) is 12.1 Å². The van der Waals surface area contributed by atoms with Crippen molar-refractivity contribution in [3.05, 3.63) is 270 Å². The van der Waals surface area contributed by atoms with Gasteiger partial charge < -0.3 is 24.7 Å². The summed E-state index contributed by atoms with van der Waals surface area (Å²) in [7, 11) is 1.70. The average Bonchev–Trinajstić information content (AvgIpc) is 1.62. The van der Waals surface area contributed by atoms with E-state index in [2.05, 4.69) is 282 Å². The third-order valence-electron chi connectivity index (χ3n) is 18.0. The molecule has 442 valence electrons. The molecule has 0 atom stereocenters. The Bertz CT molecular complexity index is 5320. The van der Waals surface area contributed by atoms with Crippen molar-refractivity contribution in [2.75, 3.05) is 7.11 Å². The first-order valence-electron chi connectivity index (χ1n) is 31.8. The lowest BCUT2D eigenvalue weighted by Crippen LogP contribution is -1.93. The highest BCUT2D eigenvalue weighted by molar-refractivity contribution is 6.08. The summed E-state index contributed by atoms with van der Waals surface area (Å²) in [5, 5.41) is 0. The first kappa shape index (κ1) is 55.6. The molecular formula is C83H64N8O. The molecule has 12 aromatic rings. The third-order valence-corrected chi connectivity index (χ3v) is 18.0. The first-order valence-corrected chi connectivity index (χ1v) is 31.8. The van der Waals surface area contributed by atoms with Gasteiger partial charge in [0.15, 0.2) is 0 Å². The number of hydrogen-bond donors (Lipinski definition) is 4. The highest BCUT2D eigenvalue weighted by atomic mass is 16.5. The number of fused-ring (bicyclic) bond motifs is 16. The van der Waals surface area contributed by atoms with Gasteiger partial charge in [0.05, 0.1) is 58.2 Å². The van der Waals surface area contributed by atoms with Crippen LogP contribution in [0.1, 0.15) is 83.7 Å². The molecule has 0 amide bonds. The standard InChI is InChI=1S/C83H64N8O/c1-3-4-5-21-32-59-61-37-39-63(84-61)76(52-22-11-6-12-23-52)64-43-44-69(87-64)79(57-33-35-58(92-2)36-34-57)70-48-50-74(90-70)82(73-40-38-62(59)85-73)60-51-75-80(55-28-17-9-18-29-55)71-46-45-67(88-71)77(53-24-13-7-14-25-53)65-41-42-66(86-65)78(54-26-15-8-16-27-54)68-47-49-72(89-68)81(83(60)91-75)56-30-19-10-20-31-56/h6-20,22-31,33-51,84,86,90-91H,3-5,21,32H2,1-2H3. The first-order chi connectivity index (χ1) is 45.5. The van der Waals surface area contributed by atoms with Crippen LogP contribution >= 0.6 is 0 Å². The second kappa shape index (κ2) is 24.0. The second-order valence-corrected chi connectivity index (χ2v) is 23.7. The molecule has 0 radical (unpaired) electrons. The van der Waals surface area contributed by atoms with Gasteiger partial charge in [-0.1, -0.05) is 190 Å². The zero-order valence-corrected chi connectivity index (χ0v) is 51.1. The van der Waals surface area contributed by atoms with Crippen molar-refractivity contribution >= 4 is 92.7 Å². The molecule has 9 nitrogen and oxygen atoms in total. The lowest BCUT2D eigenvalue weighted by molar-refractivity contribution is 0.415. The molecule has 92 heavy (non-hydrogen) atoms. The van der Waals surface area contributed by atoms with Crippen LogP contribution in [-0.2, 0) is 6.42 Å². The number of ether oxygens (including phenoxy) is 1. The molecule has 6 aromatic heterocycles. The quantitative estimate of drug-likeness (QED) is 0.0856. The molecule has 0 saturated heterocycles. The van der Waals surface area contributed by atoms with Crippen LogP contribution in [0.25, 0.3) is 171 Å². The summed E-state index contributed by atoms with van der Waals surface area (Å²) in [6, 6.07) is 76.9. The molecule has 4 N–H and O–H groups in total. The third kappa shape index (κ3) is 10.3. The molecule has 0 aliphatic carbocycles. The predicted molar refractivity (Wildman–Crippen MR) is 384 cm³/mol. The molecule has 9 heteroatoms. The van der Waals surface area contributed by atoms with E-state index in [0.717, 1.165) is 211 Å². The maximum Gasteiger partial charge on any atom is 0.118 e. The summed E-state index contributed by atoms with van der Waals surface area (Å²) in [5.74, 6) is 0.769. The van der Waals surface area contributed by atoms with E-state index in [-0.39, 0.29) is 0 Å². The Balaban J connectivity index is 1.10. The number of nitrogens with one attached hydrogen (secondary N) is 4. The van der Waals surface area contributed by atoms with Crippen molar-refractivity contribution in [3.8, 4) is 83.6 Å². The van der Waals surface area contributed by atoms with Crippen molar-refractivity contribution in [2.45, 2.75) is 39.0 Å². The van der Waals surface area contributed by atoms with Gasteiger partial charge in [-0.25, -0.2) is 19.9 Å². The zero-order valence-electron chi connectivity index (χ0n) is 51.1. The average molecular weight is 1190 g/mol. The molecule has 4 aliphatic heterocycles. The molecule has 16 rings (SSSR count). The minimum absolute atomic E-state index is 0.769. The highest BCUT2D eigenvalue weighted by Gasteiger charge is 2.25. The van der Waals surface area contributed by atoms with Crippen LogP contribution in [0.4, 0.5) is 0 Å². The number of H-pyrrole nitrogens is 4. The Hall–Kier alpha value is -11.7. The highest BCUT2D eigenvalue weighted by Crippen LogP contribution is 2.45. The number of nitrogens with zero attached hydrogens (tertiary/aromatic N) is 4. The Labute approximate surface area is 533 Å². The number of benzene rings is 6. The summed E-state index contributed by atoms with van der Waals surface area (Å²) in [6.45, 7) is 2.27. The van der Waals surface area contributed by atoms with E-state index < -0.39 is 0 Å². The second-order valence-electron chi connectivity index (χ2n) is 23.7. The van der Waals surface area contributed by atoms with E-state index in [1.165, 1.54) is 0 Å². The summed E-state index contributed by atoms with van der Waals surface area (Å²) in [6.07, 6.45) is 22.7. The summed E-state index contributed by atoms with van der Waals surface area (Å²) in [4.78, 5) is 39.1. The normalized spacial score (nSPS) is 12.3. The van der Waals surface area contributed by atoms with E-state index in [4.69, 9.17) is 24.7 Å². The van der Waals surface area contributed by atoms with Gasteiger partial charge >= 0.3 is 0 Å². The van der Waals surface area contributed by atoms with Gasteiger partial charge in [0.25, 0.3) is 0 Å². The van der Waals surface area contributed by atoms with Crippen molar-refractivity contribution in [1.82, 2.24) is 39.9 Å².